The maximum Gasteiger partial charge on any atom is 0.221 e. The van der Waals surface area contributed by atoms with Gasteiger partial charge < -0.3 is 9.84 Å². The van der Waals surface area contributed by atoms with Crippen LogP contribution >= 0.6 is 28.4 Å². The fraction of sp³-hybridized carbons (Fsp3) is 0.533. The van der Waals surface area contributed by atoms with Crippen LogP contribution in [0.2, 0.25) is 0 Å². The van der Waals surface area contributed by atoms with Crippen molar-refractivity contribution in [2.75, 3.05) is 20.2 Å². The molecule has 2 unspecified atom stereocenters. The Balaban J connectivity index is 0.00000148. The molecule has 4 aromatic heterocycles. The molecule has 0 spiro atoms. The zero-order valence-corrected chi connectivity index (χ0v) is 30.2. The smallest absolute Gasteiger partial charge is 0.221 e. The van der Waals surface area contributed by atoms with E-state index in [1.807, 2.05) is 64.6 Å². The van der Waals surface area contributed by atoms with Gasteiger partial charge in [0.1, 0.15) is 6.10 Å². The summed E-state index contributed by atoms with van der Waals surface area (Å²) in [7, 11) is 3.97. The summed E-state index contributed by atoms with van der Waals surface area (Å²) < 4.78 is 12.2. The largest absolute Gasteiger partial charge is 0.473 e. The average Bonchev–Trinajstić information content (AvgIpc) is 3.57. The Labute approximate surface area is 265 Å². The van der Waals surface area contributed by atoms with Gasteiger partial charge in [-0.2, -0.15) is 15.3 Å². The van der Waals surface area contributed by atoms with Crippen molar-refractivity contribution in [1.29, 1.82) is 0 Å². The van der Waals surface area contributed by atoms with Gasteiger partial charge in [-0.15, -0.1) is 0 Å². The Hall–Kier alpha value is -2.34. The third-order valence-corrected chi connectivity index (χ3v) is 8.59. The molecule has 0 bridgehead atoms. The predicted molar refractivity (Wildman–Crippen MR) is 185 cm³/mol. The molecule has 42 heavy (non-hydrogen) atoms. The molecule has 10 nitrogen and oxygen atoms in total. The molecule has 0 aliphatic heterocycles. The van der Waals surface area contributed by atoms with Crippen molar-refractivity contribution in [3.63, 3.8) is 0 Å². The zero-order chi connectivity index (χ0) is 31.7. The van der Waals surface area contributed by atoms with Gasteiger partial charge in [0.15, 0.2) is 0 Å². The minimum Gasteiger partial charge on any atom is -0.473 e. The Morgan fingerprint density at radius 2 is 1.76 bits per heavy atom. The first-order valence-electron chi connectivity index (χ1n) is 14.5. The fourth-order valence-electron chi connectivity index (χ4n) is 4.93. The third kappa shape index (κ3) is 7.78. The number of aromatic nitrogens is 7. The fourth-order valence-corrected chi connectivity index (χ4v) is 6.49. The number of hydrogen-bond acceptors (Lipinski definition) is 7. The summed E-state index contributed by atoms with van der Waals surface area (Å²) in [4.78, 5) is 7.18. The molecule has 0 radical (unpaired) electrons. The van der Waals surface area contributed by atoms with E-state index in [9.17, 15) is 5.11 Å². The molecule has 232 valence electrons. The topological polar surface area (TPSA) is 99.1 Å². The second-order valence-electron chi connectivity index (χ2n) is 9.69. The second kappa shape index (κ2) is 16.5. The van der Waals surface area contributed by atoms with Crippen LogP contribution in [-0.2, 0) is 20.1 Å². The molecule has 4 rings (SSSR count). The number of nitrogens with zero attached hydrogens (tertiary/aromatic N) is 8. The van der Waals surface area contributed by atoms with Crippen LogP contribution in [0.4, 0.5) is 0 Å². The first-order valence-corrected chi connectivity index (χ1v) is 18.6. The molecular formula is C30H48IN8O2P. The zero-order valence-electron chi connectivity index (χ0n) is 27.1. The molecule has 2 atom stereocenters. The van der Waals surface area contributed by atoms with Crippen molar-refractivity contribution in [1.82, 2.24) is 39.0 Å². The van der Waals surface area contributed by atoms with Gasteiger partial charge in [-0.05, 0) is 81.4 Å². The molecule has 0 saturated heterocycles. The quantitative estimate of drug-likeness (QED) is 0.138. The van der Waals surface area contributed by atoms with E-state index in [0.29, 0.717) is 31.9 Å². The number of likely N-dealkylation sites (N-methyl/N-ethyl adjacent to an activating group) is 1. The van der Waals surface area contributed by atoms with Crippen molar-refractivity contribution in [3.05, 3.63) is 46.7 Å². The van der Waals surface area contributed by atoms with Gasteiger partial charge in [0.05, 0.1) is 64.8 Å². The van der Waals surface area contributed by atoms with Crippen molar-refractivity contribution < 1.29 is 9.84 Å². The van der Waals surface area contributed by atoms with Crippen molar-refractivity contribution >= 4 is 45.4 Å². The van der Waals surface area contributed by atoms with Crippen LogP contribution in [0.15, 0.2) is 12.6 Å². The molecule has 12 heteroatoms. The normalized spacial score (nSPS) is 12.0. The highest BCUT2D eigenvalue weighted by Crippen LogP contribution is 2.38. The number of fused-ring (bicyclic) bond motifs is 1. The number of aryl methyl sites for hydroxylation is 4. The van der Waals surface area contributed by atoms with E-state index in [2.05, 4.69) is 70.7 Å². The van der Waals surface area contributed by atoms with Gasteiger partial charge in [-0.1, -0.05) is 34.3 Å². The molecule has 4 heterocycles. The lowest BCUT2D eigenvalue weighted by atomic mass is 10.1. The third-order valence-electron chi connectivity index (χ3n) is 6.73. The summed E-state index contributed by atoms with van der Waals surface area (Å²) >= 11 is 2.33. The van der Waals surface area contributed by atoms with Gasteiger partial charge in [-0.25, -0.2) is 9.13 Å². The van der Waals surface area contributed by atoms with Gasteiger partial charge in [0.25, 0.3) is 0 Å². The van der Waals surface area contributed by atoms with Crippen LogP contribution in [0.25, 0.3) is 28.2 Å². The first-order chi connectivity index (χ1) is 20.1. The lowest BCUT2D eigenvalue weighted by Crippen LogP contribution is -2.32. The van der Waals surface area contributed by atoms with Crippen molar-refractivity contribution in [2.45, 2.75) is 81.5 Å². The first kappa shape index (κ1) is 35.9. The summed E-state index contributed by atoms with van der Waals surface area (Å²) in [6, 6.07) is 2.07. The SMILES string of the molecule is C=Cc1nn(PI)c2c(C)nc(-c3c(C)nn(C)c3OC(C)CN(C)Cc3c(C)c(C)nn3CCO)cc12.CC.CC. The highest BCUT2D eigenvalue weighted by Gasteiger charge is 2.23. The van der Waals surface area contributed by atoms with E-state index in [1.165, 1.54) is 0 Å². The Kier molecular flexibility index (Phi) is 14.1. The summed E-state index contributed by atoms with van der Waals surface area (Å²) in [5.41, 5.74) is 8.61. The monoisotopic (exact) mass is 710 g/mol. The standard InChI is InChI=1S/C26H36IN8O2P.2C2H6/c1-9-21-20-12-22(28-19(6)25(20)35(31-21)38-27)24-18(5)29-33(8)26(24)37-15(2)13-32(7)14-23-16(3)17(4)30-34(23)10-11-36;2*1-2/h9,12,15,36,38H,1,10-11,13-14H2,2-8H3;2*1-2H3. The number of aliphatic hydroxyl groups is 1. The van der Waals surface area contributed by atoms with Crippen LogP contribution in [0.5, 0.6) is 5.88 Å². The van der Waals surface area contributed by atoms with Crippen LogP contribution in [0.1, 0.15) is 68.7 Å². The van der Waals surface area contributed by atoms with Crippen LogP contribution in [0, 0.1) is 27.7 Å². The molecule has 0 aromatic carbocycles. The Morgan fingerprint density at radius 1 is 1.10 bits per heavy atom. The minimum absolute atomic E-state index is 0.0618. The lowest BCUT2D eigenvalue weighted by Gasteiger charge is -2.23. The molecule has 1 N–H and O–H groups in total. The molecular weight excluding hydrogens is 662 g/mol. The summed E-state index contributed by atoms with van der Waals surface area (Å²) in [6.07, 6.45) is 2.15. The van der Waals surface area contributed by atoms with Crippen LogP contribution in [-0.4, -0.2) is 70.4 Å². The average molecular weight is 711 g/mol. The maximum atomic E-state index is 9.44. The van der Waals surface area contributed by atoms with Crippen molar-refractivity contribution in [2.24, 2.45) is 7.05 Å². The maximum absolute atomic E-state index is 9.44. The van der Waals surface area contributed by atoms with Gasteiger partial charge in [-0.3, -0.25) is 14.6 Å². The number of ether oxygens (including phenoxy) is 1. The van der Waals surface area contributed by atoms with E-state index in [1.54, 1.807) is 10.8 Å². The van der Waals surface area contributed by atoms with E-state index >= 15 is 0 Å². The molecule has 0 aliphatic rings. The molecule has 0 aliphatic carbocycles. The Bertz CT molecular complexity index is 1480. The second-order valence-corrected chi connectivity index (χ2v) is 11.7. The number of pyridine rings is 1. The minimum atomic E-state index is -0.110. The van der Waals surface area contributed by atoms with E-state index < -0.39 is 0 Å². The van der Waals surface area contributed by atoms with Gasteiger partial charge in [0, 0.05) is 25.5 Å². The van der Waals surface area contributed by atoms with E-state index in [-0.39, 0.29) is 12.7 Å². The van der Waals surface area contributed by atoms with E-state index in [0.717, 1.165) is 56.2 Å². The molecule has 0 fully saturated rings. The lowest BCUT2D eigenvalue weighted by molar-refractivity contribution is 0.146. The van der Waals surface area contributed by atoms with Crippen molar-refractivity contribution in [3.8, 4) is 17.1 Å². The van der Waals surface area contributed by atoms with Crippen LogP contribution in [0.3, 0.4) is 0 Å². The highest BCUT2D eigenvalue weighted by molar-refractivity contribution is 14.2. The Morgan fingerprint density at radius 3 is 2.36 bits per heavy atom. The molecule has 0 amide bonds. The number of rotatable bonds is 11. The molecule has 0 saturated carbocycles. The number of hydrogen-bond donors (Lipinski definition) is 1. The van der Waals surface area contributed by atoms with E-state index in [4.69, 9.17) is 14.8 Å². The summed E-state index contributed by atoms with van der Waals surface area (Å²) in [5, 5.41) is 24.4. The van der Waals surface area contributed by atoms with Gasteiger partial charge in [0.2, 0.25) is 5.88 Å². The van der Waals surface area contributed by atoms with Crippen LogP contribution < -0.4 is 4.74 Å². The number of aliphatic hydroxyl groups excluding tert-OH is 1. The predicted octanol–water partition coefficient (Wildman–Crippen LogP) is 6.64. The highest BCUT2D eigenvalue weighted by atomic mass is 127. The van der Waals surface area contributed by atoms with Gasteiger partial charge >= 0.3 is 0 Å². The number of halogens is 1. The summed E-state index contributed by atoms with van der Waals surface area (Å²) in [5.74, 6) is 0.690. The summed E-state index contributed by atoms with van der Waals surface area (Å²) in [6.45, 7) is 24.1. The molecule has 4 aromatic rings.